The van der Waals surface area contributed by atoms with Crippen molar-refractivity contribution in [2.24, 2.45) is 12.8 Å². The zero-order valence-corrected chi connectivity index (χ0v) is 13.1. The number of thioether (sulfide) groups is 1. The lowest BCUT2D eigenvalue weighted by Crippen LogP contribution is -2.27. The largest absolute Gasteiger partial charge is 0.340 e. The Labute approximate surface area is 126 Å². The molecular formula is C12H17N5OS2. The summed E-state index contributed by atoms with van der Waals surface area (Å²) in [7, 11) is 3.66. The van der Waals surface area contributed by atoms with E-state index in [9.17, 15) is 4.79 Å². The Morgan fingerprint density at radius 3 is 2.95 bits per heavy atom. The number of aromatic nitrogens is 3. The van der Waals surface area contributed by atoms with Crippen LogP contribution >= 0.6 is 23.1 Å². The van der Waals surface area contributed by atoms with E-state index in [-0.39, 0.29) is 5.91 Å². The topological polar surface area (TPSA) is 77.0 Å². The number of amides is 1. The van der Waals surface area contributed by atoms with Gasteiger partial charge in [0.1, 0.15) is 5.82 Å². The Bertz CT molecular complexity index is 566. The summed E-state index contributed by atoms with van der Waals surface area (Å²) >= 11 is 3.03. The summed E-state index contributed by atoms with van der Waals surface area (Å²) in [5, 5.41) is 10.7. The minimum absolute atomic E-state index is 0.0701. The minimum atomic E-state index is 0.0701. The van der Waals surface area contributed by atoms with Crippen LogP contribution in [0.2, 0.25) is 0 Å². The van der Waals surface area contributed by atoms with E-state index in [2.05, 4.69) is 10.2 Å². The first-order chi connectivity index (χ1) is 9.61. The Kier molecular flexibility index (Phi) is 5.16. The molecule has 2 rings (SSSR count). The summed E-state index contributed by atoms with van der Waals surface area (Å²) in [5.74, 6) is 1.13. The third-order valence-electron chi connectivity index (χ3n) is 2.83. The van der Waals surface area contributed by atoms with Crippen LogP contribution in [0, 0.1) is 0 Å². The van der Waals surface area contributed by atoms with Crippen molar-refractivity contribution in [3.8, 4) is 0 Å². The van der Waals surface area contributed by atoms with Gasteiger partial charge in [0.25, 0.3) is 0 Å². The van der Waals surface area contributed by atoms with Crippen LogP contribution in [0.1, 0.15) is 10.7 Å². The first-order valence-electron chi connectivity index (χ1n) is 6.09. The van der Waals surface area contributed by atoms with Gasteiger partial charge in [-0.05, 0) is 11.4 Å². The highest BCUT2D eigenvalue weighted by Crippen LogP contribution is 2.17. The van der Waals surface area contributed by atoms with Gasteiger partial charge in [-0.25, -0.2) is 0 Å². The number of hydrogen-bond donors (Lipinski definition) is 1. The molecular weight excluding hydrogens is 294 g/mol. The summed E-state index contributed by atoms with van der Waals surface area (Å²) in [5.41, 5.74) is 5.54. The molecule has 0 aliphatic rings. The number of rotatable bonds is 6. The first-order valence-corrected chi connectivity index (χ1v) is 7.95. The molecule has 2 aromatic heterocycles. The predicted octanol–water partition coefficient (Wildman–Crippen LogP) is 1.09. The highest BCUT2D eigenvalue weighted by Gasteiger charge is 2.13. The lowest BCUT2D eigenvalue weighted by atomic mass is 10.4. The smallest absolute Gasteiger partial charge is 0.233 e. The Morgan fingerprint density at radius 2 is 2.35 bits per heavy atom. The van der Waals surface area contributed by atoms with Crippen molar-refractivity contribution in [3.05, 3.63) is 28.2 Å². The van der Waals surface area contributed by atoms with Crippen LogP contribution in [0.15, 0.2) is 22.7 Å². The summed E-state index contributed by atoms with van der Waals surface area (Å²) in [6, 6.07) is 4.01. The van der Waals surface area contributed by atoms with E-state index in [0.29, 0.717) is 29.8 Å². The van der Waals surface area contributed by atoms with Gasteiger partial charge in [0, 0.05) is 19.0 Å². The van der Waals surface area contributed by atoms with Crippen molar-refractivity contribution >= 4 is 29.0 Å². The normalized spacial score (nSPS) is 10.8. The Balaban J connectivity index is 1.86. The molecule has 0 fully saturated rings. The van der Waals surface area contributed by atoms with Gasteiger partial charge in [-0.1, -0.05) is 17.8 Å². The van der Waals surface area contributed by atoms with Gasteiger partial charge in [0.2, 0.25) is 5.91 Å². The second-order valence-corrected chi connectivity index (χ2v) is 6.25. The van der Waals surface area contributed by atoms with Gasteiger partial charge in [0.05, 0.1) is 18.8 Å². The highest BCUT2D eigenvalue weighted by molar-refractivity contribution is 7.99. The SMILES string of the molecule is CN(Cc1cccs1)C(=O)CSc1nnc(CN)n1C. The van der Waals surface area contributed by atoms with E-state index < -0.39 is 0 Å². The van der Waals surface area contributed by atoms with Gasteiger partial charge in [-0.2, -0.15) is 0 Å². The number of hydrogen-bond acceptors (Lipinski definition) is 6. The first kappa shape index (κ1) is 15.0. The van der Waals surface area contributed by atoms with E-state index in [0.717, 1.165) is 0 Å². The lowest BCUT2D eigenvalue weighted by Gasteiger charge is -2.15. The Hall–Kier alpha value is -1.38. The van der Waals surface area contributed by atoms with Gasteiger partial charge < -0.3 is 15.2 Å². The van der Waals surface area contributed by atoms with E-state index in [1.54, 1.807) is 16.2 Å². The maximum Gasteiger partial charge on any atom is 0.233 e. The molecule has 8 heteroatoms. The molecule has 0 aliphatic heterocycles. The highest BCUT2D eigenvalue weighted by atomic mass is 32.2. The second kappa shape index (κ2) is 6.87. The molecule has 0 atom stereocenters. The molecule has 0 aliphatic carbocycles. The molecule has 0 spiro atoms. The third kappa shape index (κ3) is 3.59. The number of thiophene rings is 1. The monoisotopic (exact) mass is 311 g/mol. The molecule has 0 bridgehead atoms. The maximum absolute atomic E-state index is 12.1. The molecule has 0 unspecified atom stereocenters. The van der Waals surface area contributed by atoms with Crippen molar-refractivity contribution in [1.29, 1.82) is 0 Å². The summed E-state index contributed by atoms with van der Waals surface area (Å²) in [4.78, 5) is 15.0. The third-order valence-corrected chi connectivity index (χ3v) is 4.70. The average molecular weight is 311 g/mol. The molecule has 2 aromatic rings. The second-order valence-electron chi connectivity index (χ2n) is 4.28. The fourth-order valence-corrected chi connectivity index (χ4v) is 3.24. The molecule has 0 aromatic carbocycles. The maximum atomic E-state index is 12.1. The molecule has 108 valence electrons. The van der Waals surface area contributed by atoms with E-state index in [1.807, 2.05) is 36.2 Å². The van der Waals surface area contributed by atoms with Gasteiger partial charge in [-0.3, -0.25) is 4.79 Å². The van der Waals surface area contributed by atoms with Crippen molar-refractivity contribution in [2.45, 2.75) is 18.2 Å². The summed E-state index contributed by atoms with van der Waals surface area (Å²) < 4.78 is 1.82. The van der Waals surface area contributed by atoms with Crippen LogP contribution in [-0.2, 0) is 24.9 Å². The molecule has 0 saturated carbocycles. The molecule has 2 N–H and O–H groups in total. The quantitative estimate of drug-likeness (QED) is 0.808. The predicted molar refractivity (Wildman–Crippen MR) is 80.4 cm³/mol. The number of carbonyl (C=O) groups excluding carboxylic acids is 1. The van der Waals surface area contributed by atoms with Gasteiger partial charge in [0.15, 0.2) is 5.16 Å². The van der Waals surface area contributed by atoms with Crippen LogP contribution in [0.3, 0.4) is 0 Å². The van der Waals surface area contributed by atoms with Crippen molar-refractivity contribution in [3.63, 3.8) is 0 Å². The van der Waals surface area contributed by atoms with E-state index in [4.69, 9.17) is 5.73 Å². The minimum Gasteiger partial charge on any atom is -0.340 e. The standard InChI is InChI=1S/C12H17N5OS2/c1-16(7-9-4-3-5-19-9)11(18)8-20-12-15-14-10(6-13)17(12)2/h3-5H,6-8,13H2,1-2H3. The molecule has 1 amide bonds. The van der Waals surface area contributed by atoms with E-state index >= 15 is 0 Å². The fraction of sp³-hybridized carbons (Fsp3) is 0.417. The van der Waals surface area contributed by atoms with Crippen molar-refractivity contribution in [1.82, 2.24) is 19.7 Å². The van der Waals surface area contributed by atoms with Crippen molar-refractivity contribution in [2.75, 3.05) is 12.8 Å². The molecule has 2 heterocycles. The van der Waals surface area contributed by atoms with Crippen molar-refractivity contribution < 1.29 is 4.79 Å². The molecule has 0 saturated heterocycles. The lowest BCUT2D eigenvalue weighted by molar-refractivity contribution is -0.127. The zero-order chi connectivity index (χ0) is 14.5. The number of carbonyl (C=O) groups is 1. The number of nitrogens with two attached hydrogens (primary N) is 1. The summed E-state index contributed by atoms with van der Waals surface area (Å²) in [6.07, 6.45) is 0. The van der Waals surface area contributed by atoms with Crippen LogP contribution in [0.25, 0.3) is 0 Å². The van der Waals surface area contributed by atoms with Gasteiger partial charge >= 0.3 is 0 Å². The molecule has 20 heavy (non-hydrogen) atoms. The average Bonchev–Trinajstić information content (AvgIpc) is 3.06. The van der Waals surface area contributed by atoms with Crippen LogP contribution < -0.4 is 5.73 Å². The van der Waals surface area contributed by atoms with E-state index in [1.165, 1.54) is 16.6 Å². The summed E-state index contributed by atoms with van der Waals surface area (Å²) in [6.45, 7) is 0.986. The van der Waals surface area contributed by atoms with Crippen LogP contribution in [0.4, 0.5) is 0 Å². The number of nitrogens with zero attached hydrogens (tertiary/aromatic N) is 4. The fourth-order valence-electron chi connectivity index (χ4n) is 1.61. The molecule has 0 radical (unpaired) electrons. The van der Waals surface area contributed by atoms with Crippen LogP contribution in [0.5, 0.6) is 0 Å². The van der Waals surface area contributed by atoms with Crippen LogP contribution in [-0.4, -0.2) is 38.4 Å². The Morgan fingerprint density at radius 1 is 1.55 bits per heavy atom. The molecule has 6 nitrogen and oxygen atoms in total. The zero-order valence-electron chi connectivity index (χ0n) is 11.4. The van der Waals surface area contributed by atoms with Gasteiger partial charge in [-0.15, -0.1) is 21.5 Å².